The Hall–Kier alpha value is -2.06. The molecule has 1 N–H and O–H groups in total. The van der Waals surface area contributed by atoms with Gasteiger partial charge in [-0.2, -0.15) is 0 Å². The first-order valence-electron chi connectivity index (χ1n) is 12.7. The van der Waals surface area contributed by atoms with Crippen LogP contribution >= 0.6 is 15.9 Å². The average molecular weight is 545 g/mol. The van der Waals surface area contributed by atoms with Crippen molar-refractivity contribution in [1.29, 1.82) is 0 Å². The summed E-state index contributed by atoms with van der Waals surface area (Å²) in [5.41, 5.74) is 2.21. The van der Waals surface area contributed by atoms with E-state index in [0.29, 0.717) is 38.3 Å². The van der Waals surface area contributed by atoms with Crippen LogP contribution in [0.2, 0.25) is 0 Å². The molecule has 3 aliphatic rings. The van der Waals surface area contributed by atoms with Crippen molar-refractivity contribution in [2.24, 2.45) is 0 Å². The second kappa shape index (κ2) is 9.11. The number of hydrogen-bond acceptors (Lipinski definition) is 5. The third-order valence-electron chi connectivity index (χ3n) is 8.12. The van der Waals surface area contributed by atoms with Gasteiger partial charge in [0, 0.05) is 47.3 Å². The van der Waals surface area contributed by atoms with Gasteiger partial charge in [0.1, 0.15) is 18.3 Å². The van der Waals surface area contributed by atoms with Crippen molar-refractivity contribution in [3.05, 3.63) is 51.9 Å². The molecule has 1 amide bonds. The van der Waals surface area contributed by atoms with E-state index in [2.05, 4.69) is 69.0 Å². The van der Waals surface area contributed by atoms with E-state index in [1.54, 1.807) is 0 Å². The molecule has 8 heteroatoms. The zero-order valence-electron chi connectivity index (χ0n) is 21.0. The molecule has 188 valence electrons. The molecule has 6 nitrogen and oxygen atoms in total. The first-order valence-corrected chi connectivity index (χ1v) is 13.4. The molecule has 0 saturated carbocycles. The van der Waals surface area contributed by atoms with E-state index in [-0.39, 0.29) is 28.8 Å². The van der Waals surface area contributed by atoms with E-state index < -0.39 is 6.17 Å². The van der Waals surface area contributed by atoms with Crippen LogP contribution in [0, 0.1) is 0 Å². The quantitative estimate of drug-likeness (QED) is 0.580. The summed E-state index contributed by atoms with van der Waals surface area (Å²) in [6.45, 7) is 11.3. The molecule has 1 aliphatic carbocycles. The molecule has 0 spiro atoms. The lowest BCUT2D eigenvalue weighted by molar-refractivity contribution is -0.135. The summed E-state index contributed by atoms with van der Waals surface area (Å²) in [6.07, 6.45) is 2.91. The predicted molar refractivity (Wildman–Crippen MR) is 139 cm³/mol. The van der Waals surface area contributed by atoms with Crippen molar-refractivity contribution in [2.45, 2.75) is 76.0 Å². The lowest BCUT2D eigenvalue weighted by Crippen LogP contribution is -2.57. The van der Waals surface area contributed by atoms with Gasteiger partial charge in [0.05, 0.1) is 11.6 Å². The normalized spacial score (nSPS) is 28.7. The number of nitrogens with one attached hydrogen (secondary N) is 1. The Morgan fingerprint density at radius 1 is 1.11 bits per heavy atom. The summed E-state index contributed by atoms with van der Waals surface area (Å²) < 4.78 is 15.4. The third-order valence-corrected chi connectivity index (χ3v) is 8.64. The van der Waals surface area contributed by atoms with Crippen molar-refractivity contribution >= 4 is 27.7 Å². The summed E-state index contributed by atoms with van der Waals surface area (Å²) in [6, 6.07) is 8.18. The van der Waals surface area contributed by atoms with E-state index in [9.17, 15) is 9.18 Å². The number of anilines is 1. The maximum Gasteiger partial charge on any atom is 0.232 e. The molecule has 0 radical (unpaired) electrons. The number of fused-ring (bicyclic) bond motifs is 1. The Kier molecular flexibility index (Phi) is 6.41. The van der Waals surface area contributed by atoms with Crippen LogP contribution in [0.15, 0.2) is 35.1 Å². The molecular formula is C27H35BrFN5O. The number of rotatable bonds is 4. The minimum absolute atomic E-state index is 0.000291. The van der Waals surface area contributed by atoms with Gasteiger partial charge in [-0.1, -0.05) is 35.0 Å². The summed E-state index contributed by atoms with van der Waals surface area (Å²) >= 11 is 3.53. The number of hydrogen-bond donors (Lipinski definition) is 1. The van der Waals surface area contributed by atoms with Crippen LogP contribution in [0.1, 0.15) is 81.8 Å². The lowest BCUT2D eigenvalue weighted by Gasteiger charge is -2.42. The number of alkyl halides is 1. The van der Waals surface area contributed by atoms with Gasteiger partial charge < -0.3 is 15.1 Å². The number of halogens is 2. The van der Waals surface area contributed by atoms with Crippen molar-refractivity contribution in [3.63, 3.8) is 0 Å². The SMILES string of the molecule is C[C@@H]1C[C@H](F)c2ncnc(N3CCN(C(=O)[C@@H](c4ccc(Br)cc4)C4(C)CCC(C)(C)N4)CC3)c21. The number of amides is 1. The van der Waals surface area contributed by atoms with Crippen LogP contribution in [0.25, 0.3) is 0 Å². The average Bonchev–Trinajstić information content (AvgIpc) is 3.29. The van der Waals surface area contributed by atoms with Gasteiger partial charge in [-0.3, -0.25) is 4.79 Å². The Balaban J connectivity index is 1.37. The number of nitrogens with zero attached hydrogens (tertiary/aromatic N) is 4. The Morgan fingerprint density at radius 2 is 1.80 bits per heavy atom. The van der Waals surface area contributed by atoms with Gasteiger partial charge in [0.25, 0.3) is 0 Å². The van der Waals surface area contributed by atoms with E-state index >= 15 is 0 Å². The smallest absolute Gasteiger partial charge is 0.232 e. The highest BCUT2D eigenvalue weighted by atomic mass is 79.9. The minimum atomic E-state index is -1.01. The van der Waals surface area contributed by atoms with Gasteiger partial charge in [0.15, 0.2) is 0 Å². The molecule has 1 aromatic heterocycles. The Bertz CT molecular complexity index is 1100. The van der Waals surface area contributed by atoms with Crippen LogP contribution in [0.3, 0.4) is 0 Å². The first kappa shape index (κ1) is 24.6. The van der Waals surface area contributed by atoms with Crippen molar-refractivity contribution in [1.82, 2.24) is 20.2 Å². The Labute approximate surface area is 215 Å². The molecule has 5 rings (SSSR count). The largest absolute Gasteiger partial charge is 0.353 e. The molecule has 4 atom stereocenters. The highest BCUT2D eigenvalue weighted by Crippen LogP contribution is 2.45. The highest BCUT2D eigenvalue weighted by Gasteiger charge is 2.49. The monoisotopic (exact) mass is 543 g/mol. The summed E-state index contributed by atoms with van der Waals surface area (Å²) in [7, 11) is 0. The molecule has 1 unspecified atom stereocenters. The molecule has 3 heterocycles. The third kappa shape index (κ3) is 4.59. The van der Waals surface area contributed by atoms with Gasteiger partial charge in [0.2, 0.25) is 5.91 Å². The van der Waals surface area contributed by atoms with Crippen molar-refractivity contribution < 1.29 is 9.18 Å². The Morgan fingerprint density at radius 3 is 2.43 bits per heavy atom. The fourth-order valence-electron chi connectivity index (χ4n) is 6.36. The fourth-order valence-corrected chi connectivity index (χ4v) is 6.62. The summed E-state index contributed by atoms with van der Waals surface area (Å²) in [4.78, 5) is 27.1. The molecule has 2 aliphatic heterocycles. The second-order valence-corrected chi connectivity index (χ2v) is 12.2. The molecular weight excluding hydrogens is 509 g/mol. The van der Waals surface area contributed by atoms with E-state index in [1.165, 1.54) is 6.33 Å². The van der Waals surface area contributed by atoms with Crippen LogP contribution < -0.4 is 10.2 Å². The highest BCUT2D eigenvalue weighted by molar-refractivity contribution is 9.10. The van der Waals surface area contributed by atoms with E-state index in [1.807, 2.05) is 24.0 Å². The zero-order valence-corrected chi connectivity index (χ0v) is 22.6. The molecule has 35 heavy (non-hydrogen) atoms. The van der Waals surface area contributed by atoms with Gasteiger partial charge >= 0.3 is 0 Å². The van der Waals surface area contributed by atoms with Crippen LogP contribution in [-0.2, 0) is 4.79 Å². The number of piperazine rings is 1. The van der Waals surface area contributed by atoms with Gasteiger partial charge in [-0.15, -0.1) is 0 Å². The molecule has 2 fully saturated rings. The fraction of sp³-hybridized carbons (Fsp3) is 0.593. The van der Waals surface area contributed by atoms with Crippen LogP contribution in [0.5, 0.6) is 0 Å². The molecule has 2 saturated heterocycles. The predicted octanol–water partition coefficient (Wildman–Crippen LogP) is 5.11. The molecule has 0 bridgehead atoms. The summed E-state index contributed by atoms with van der Waals surface area (Å²) in [5, 5.41) is 3.79. The lowest BCUT2D eigenvalue weighted by atomic mass is 9.78. The standard InChI is InChI=1S/C27H35BrFN5O/c1-17-15-20(29)23-21(17)24(31-16-30-23)33-11-13-34(14-12-33)25(35)22(18-5-7-19(28)8-6-18)27(4)10-9-26(2,3)32-27/h5-8,16-17,20,22,32H,9-15H2,1-4H3/t17-,20+,22-,27?/m1/s1. The topological polar surface area (TPSA) is 61.4 Å². The minimum Gasteiger partial charge on any atom is -0.353 e. The maximum absolute atomic E-state index is 14.4. The van der Waals surface area contributed by atoms with Crippen molar-refractivity contribution in [3.8, 4) is 0 Å². The van der Waals surface area contributed by atoms with E-state index in [4.69, 9.17) is 0 Å². The summed E-state index contributed by atoms with van der Waals surface area (Å²) in [5.74, 6) is 0.851. The van der Waals surface area contributed by atoms with Crippen molar-refractivity contribution in [2.75, 3.05) is 31.1 Å². The molecule has 2 aromatic rings. The number of aromatic nitrogens is 2. The van der Waals surface area contributed by atoms with E-state index in [0.717, 1.165) is 34.3 Å². The number of carbonyl (C=O) groups is 1. The first-order chi connectivity index (χ1) is 16.6. The number of benzene rings is 1. The zero-order chi connectivity index (χ0) is 25.0. The van der Waals surface area contributed by atoms with Crippen LogP contribution in [0.4, 0.5) is 10.2 Å². The molecule has 1 aromatic carbocycles. The van der Waals surface area contributed by atoms with Crippen LogP contribution in [-0.4, -0.2) is 58.0 Å². The number of carbonyl (C=O) groups excluding carboxylic acids is 1. The second-order valence-electron chi connectivity index (χ2n) is 11.3. The van der Waals surface area contributed by atoms with Gasteiger partial charge in [-0.05, 0) is 63.6 Å². The maximum atomic E-state index is 14.4. The van der Waals surface area contributed by atoms with Gasteiger partial charge in [-0.25, -0.2) is 14.4 Å².